The molecule has 1 unspecified atom stereocenters. The van der Waals surface area contributed by atoms with Gasteiger partial charge in [-0.15, -0.1) is 5.10 Å². The smallest absolute Gasteiger partial charge is 0.235 e. The molecule has 3 saturated heterocycles. The van der Waals surface area contributed by atoms with Crippen molar-refractivity contribution in [3.05, 3.63) is 96.1 Å². The lowest BCUT2D eigenvalue weighted by atomic mass is 9.93. The Morgan fingerprint density at radius 3 is 2.63 bits per heavy atom. The first-order valence-corrected chi connectivity index (χ1v) is 18.7. The zero-order valence-electron chi connectivity index (χ0n) is 30.2. The lowest BCUT2D eigenvalue weighted by molar-refractivity contribution is -0.134. The van der Waals surface area contributed by atoms with Crippen molar-refractivity contribution in [2.75, 3.05) is 60.9 Å². The average Bonchev–Trinajstić information content (AvgIpc) is 3.93. The van der Waals surface area contributed by atoms with Crippen molar-refractivity contribution >= 4 is 45.7 Å². The number of hydrogen-bond acceptors (Lipinski definition) is 10. The van der Waals surface area contributed by atoms with Gasteiger partial charge in [0.2, 0.25) is 11.8 Å². The minimum Gasteiger partial charge on any atom is -0.384 e. The number of hydrogen-bond donors (Lipinski definition) is 2. The number of pyridine rings is 1. The van der Waals surface area contributed by atoms with Crippen molar-refractivity contribution < 1.29 is 14.0 Å². The number of aryl methyl sites for hydroxylation is 1. The van der Waals surface area contributed by atoms with Gasteiger partial charge in [-0.25, -0.2) is 18.9 Å². The van der Waals surface area contributed by atoms with Gasteiger partial charge in [-0.1, -0.05) is 18.2 Å². The number of anilines is 3. The van der Waals surface area contributed by atoms with E-state index in [9.17, 15) is 14.0 Å². The second kappa shape index (κ2) is 14.2. The van der Waals surface area contributed by atoms with Gasteiger partial charge >= 0.3 is 0 Å². The number of halogens is 1. The molecule has 6 aromatic rings. The highest BCUT2D eigenvalue weighted by atomic mass is 19.1. The number of fused-ring (bicyclic) bond motifs is 2. The number of imidazole rings is 1. The van der Waals surface area contributed by atoms with Crippen LogP contribution in [0.15, 0.2) is 79.0 Å². The molecule has 54 heavy (non-hydrogen) atoms. The molecule has 7 heterocycles. The van der Waals surface area contributed by atoms with Crippen LogP contribution in [0.2, 0.25) is 0 Å². The van der Waals surface area contributed by atoms with Gasteiger partial charge in [-0.2, -0.15) is 5.10 Å². The van der Waals surface area contributed by atoms with Crippen LogP contribution < -0.4 is 20.4 Å². The molecule has 3 fully saturated rings. The first-order valence-electron chi connectivity index (χ1n) is 18.7. The molecule has 0 aliphatic carbocycles. The number of piperazine rings is 1. The van der Waals surface area contributed by atoms with E-state index in [-0.39, 0.29) is 23.7 Å². The zero-order valence-corrected chi connectivity index (χ0v) is 30.2. The van der Waals surface area contributed by atoms with Crippen LogP contribution in [-0.4, -0.2) is 91.9 Å². The molecule has 0 spiro atoms. The summed E-state index contributed by atoms with van der Waals surface area (Å²) in [5.41, 5.74) is 6.04. The topological polar surface area (TPSA) is 129 Å². The van der Waals surface area contributed by atoms with Crippen LogP contribution in [0.1, 0.15) is 48.9 Å². The summed E-state index contributed by atoms with van der Waals surface area (Å²) in [7, 11) is 1.89. The average molecular weight is 728 g/mol. The van der Waals surface area contributed by atoms with Gasteiger partial charge in [0.15, 0.2) is 5.65 Å². The number of aromatic nitrogens is 6. The largest absolute Gasteiger partial charge is 0.384 e. The molecule has 9 rings (SSSR count). The number of amides is 2. The van der Waals surface area contributed by atoms with Crippen LogP contribution in [0.3, 0.4) is 0 Å². The lowest BCUT2D eigenvalue weighted by Gasteiger charge is -2.35. The Bertz CT molecular complexity index is 2370. The lowest BCUT2D eigenvalue weighted by Crippen LogP contribution is -2.47. The monoisotopic (exact) mass is 727 g/mol. The molecule has 2 amide bonds. The molecule has 3 aliphatic rings. The Balaban J connectivity index is 0.824. The number of piperidine rings is 1. The van der Waals surface area contributed by atoms with Gasteiger partial charge in [0.1, 0.15) is 23.1 Å². The Hall–Kier alpha value is -5.89. The molecule has 0 bridgehead atoms. The van der Waals surface area contributed by atoms with Crippen LogP contribution in [-0.2, 0) is 16.6 Å². The highest BCUT2D eigenvalue weighted by molar-refractivity contribution is 6.02. The summed E-state index contributed by atoms with van der Waals surface area (Å²) in [6.45, 7) is 6.13. The molecule has 276 valence electrons. The van der Waals surface area contributed by atoms with Crippen LogP contribution in [0.4, 0.5) is 21.7 Å². The third-order valence-corrected chi connectivity index (χ3v) is 11.0. The van der Waals surface area contributed by atoms with Crippen molar-refractivity contribution in [3.63, 3.8) is 0 Å². The number of nitrogens with one attached hydrogen (secondary N) is 2. The molecule has 2 atom stereocenters. The molecule has 0 radical (unpaired) electrons. The Labute approximate surface area is 311 Å². The van der Waals surface area contributed by atoms with Crippen molar-refractivity contribution in [2.24, 2.45) is 7.05 Å². The van der Waals surface area contributed by atoms with Gasteiger partial charge in [0, 0.05) is 70.4 Å². The van der Waals surface area contributed by atoms with E-state index in [1.165, 1.54) is 6.07 Å². The van der Waals surface area contributed by atoms with E-state index in [0.717, 1.165) is 115 Å². The van der Waals surface area contributed by atoms with E-state index in [2.05, 4.69) is 47.5 Å². The molecule has 2 N–H and O–H groups in total. The first kappa shape index (κ1) is 33.9. The van der Waals surface area contributed by atoms with E-state index in [0.29, 0.717) is 12.8 Å². The van der Waals surface area contributed by atoms with E-state index in [1.54, 1.807) is 12.1 Å². The number of rotatable bonds is 9. The Kier molecular flexibility index (Phi) is 8.89. The van der Waals surface area contributed by atoms with Gasteiger partial charge in [-0.05, 0) is 79.4 Å². The van der Waals surface area contributed by atoms with Crippen LogP contribution in [0.25, 0.3) is 27.9 Å². The quantitative estimate of drug-likeness (QED) is 0.198. The van der Waals surface area contributed by atoms with Gasteiger partial charge in [0.05, 0.1) is 35.1 Å². The van der Waals surface area contributed by atoms with Crippen molar-refractivity contribution in [1.29, 1.82) is 0 Å². The first-order chi connectivity index (χ1) is 26.4. The minimum absolute atomic E-state index is 0.0756. The number of nitrogens with zero attached hydrogens (tertiary/aromatic N) is 9. The van der Waals surface area contributed by atoms with Gasteiger partial charge < -0.3 is 15.1 Å². The molecule has 4 aromatic heterocycles. The van der Waals surface area contributed by atoms with Gasteiger partial charge in [0.25, 0.3) is 0 Å². The summed E-state index contributed by atoms with van der Waals surface area (Å²) < 4.78 is 17.8. The Morgan fingerprint density at radius 1 is 0.907 bits per heavy atom. The van der Waals surface area contributed by atoms with Crippen LogP contribution in [0, 0.1) is 5.82 Å². The third kappa shape index (κ3) is 6.50. The van der Waals surface area contributed by atoms with Crippen molar-refractivity contribution in [1.82, 2.24) is 39.6 Å². The summed E-state index contributed by atoms with van der Waals surface area (Å²) in [6.07, 6.45) is 4.61. The fourth-order valence-corrected chi connectivity index (χ4v) is 8.20. The maximum Gasteiger partial charge on any atom is 0.235 e. The zero-order chi connectivity index (χ0) is 36.8. The standard InChI is InChI=1S/C40H42FN11O2/c1-48-33-24-28(10-11-29(33)39(47-48)30-12-15-38(53)45-40(30)54)42-16-18-49-19-21-50(22-20-49)36-9-3-7-31(44-36)34-25-43-35-13-14-37(46-52(34)35)51-17-4-8-32(51)26-5-2-6-27(41)23-26/h2-3,5-7,9-11,13-14,23-25,30,32,42H,4,8,12,15-22H2,1H3,(H,45,53,54)/t30?,32-/m1/s1. The molecule has 3 aliphatic heterocycles. The highest BCUT2D eigenvalue weighted by Crippen LogP contribution is 2.36. The molecule has 14 heteroatoms. The predicted octanol–water partition coefficient (Wildman–Crippen LogP) is 4.91. The predicted molar refractivity (Wildman–Crippen MR) is 205 cm³/mol. The molecule has 0 saturated carbocycles. The summed E-state index contributed by atoms with van der Waals surface area (Å²) in [5.74, 6) is 0.645. The Morgan fingerprint density at radius 2 is 1.78 bits per heavy atom. The van der Waals surface area contributed by atoms with E-state index >= 15 is 0 Å². The number of carbonyl (C=O) groups is 2. The molecular weight excluding hydrogens is 686 g/mol. The highest BCUT2D eigenvalue weighted by Gasteiger charge is 2.32. The maximum absolute atomic E-state index is 14.1. The molecular formula is C40H42FN11O2. The number of imide groups is 1. The summed E-state index contributed by atoms with van der Waals surface area (Å²) in [4.78, 5) is 40.9. The number of carbonyl (C=O) groups excluding carboxylic acids is 2. The second-order valence-corrected chi connectivity index (χ2v) is 14.4. The summed E-state index contributed by atoms with van der Waals surface area (Å²) >= 11 is 0. The molecule has 2 aromatic carbocycles. The van der Waals surface area contributed by atoms with E-state index < -0.39 is 5.92 Å². The summed E-state index contributed by atoms with van der Waals surface area (Å²) in [5, 5.41) is 16.6. The van der Waals surface area contributed by atoms with Crippen molar-refractivity contribution in [3.8, 4) is 11.4 Å². The van der Waals surface area contributed by atoms with Crippen molar-refractivity contribution in [2.45, 2.75) is 37.6 Å². The van der Waals surface area contributed by atoms with Crippen LogP contribution in [0.5, 0.6) is 0 Å². The summed E-state index contributed by atoms with van der Waals surface area (Å²) in [6, 6.07) is 23.2. The van der Waals surface area contributed by atoms with Crippen LogP contribution >= 0.6 is 0 Å². The van der Waals surface area contributed by atoms with E-state index in [1.807, 2.05) is 64.9 Å². The third-order valence-electron chi connectivity index (χ3n) is 11.0. The van der Waals surface area contributed by atoms with Gasteiger partial charge in [-0.3, -0.25) is 24.5 Å². The fourth-order valence-electron chi connectivity index (χ4n) is 8.20. The fraction of sp³-hybridized carbons (Fsp3) is 0.350. The normalized spacial score (nSPS) is 19.6. The van der Waals surface area contributed by atoms with E-state index in [4.69, 9.17) is 10.1 Å². The number of benzene rings is 2. The second-order valence-electron chi connectivity index (χ2n) is 14.4. The molecule has 13 nitrogen and oxygen atoms in total. The maximum atomic E-state index is 14.1. The SMILES string of the molecule is Cn1nc(C2CCC(=O)NC2=O)c2ccc(NCCN3CCN(c4cccc(-c5cnc6ccc(N7CCC[C@@H]7c7cccc(F)c7)nn56)n4)CC3)cc21. The minimum atomic E-state index is -0.416.